The summed E-state index contributed by atoms with van der Waals surface area (Å²) in [6.07, 6.45) is 3.89. The Kier molecular flexibility index (Phi) is 4.92. The number of imidazole rings is 1. The minimum Gasteiger partial charge on any atom is -0.477 e. The molecule has 3 aliphatic heterocycles. The van der Waals surface area contributed by atoms with Crippen LogP contribution in [0.1, 0.15) is 19.8 Å². The number of fused-ring (bicyclic) bond motifs is 1. The Morgan fingerprint density at radius 2 is 2.29 bits per heavy atom. The average molecular weight is 405 g/mol. The molecule has 3 N–H and O–H groups in total. The zero-order valence-corrected chi connectivity index (χ0v) is 16.5. The zero-order valence-electron chi connectivity index (χ0n) is 15.7. The number of aliphatic hydroxyl groups excluding tert-OH is 1. The highest BCUT2D eigenvalue weighted by molar-refractivity contribution is 7.99. The minimum absolute atomic E-state index is 0.0140. The summed E-state index contributed by atoms with van der Waals surface area (Å²) < 4.78 is 1.94. The summed E-state index contributed by atoms with van der Waals surface area (Å²) in [5.41, 5.74) is 0.837. The van der Waals surface area contributed by atoms with E-state index >= 15 is 0 Å². The van der Waals surface area contributed by atoms with Gasteiger partial charge in [0.05, 0.1) is 36.4 Å². The fourth-order valence-corrected chi connectivity index (χ4v) is 5.05. The molecule has 0 bridgehead atoms. The second kappa shape index (κ2) is 7.25. The lowest BCUT2D eigenvalue weighted by atomic mass is 9.82. The average Bonchev–Trinajstić information content (AvgIpc) is 3.31. The lowest BCUT2D eigenvalue weighted by Gasteiger charge is -2.44. The summed E-state index contributed by atoms with van der Waals surface area (Å²) >= 11 is 1.59. The van der Waals surface area contributed by atoms with E-state index in [9.17, 15) is 19.8 Å². The zero-order chi connectivity index (χ0) is 20.0. The van der Waals surface area contributed by atoms with Crippen LogP contribution in [0.15, 0.2) is 33.8 Å². The fraction of sp³-hybridized carbons (Fsp3) is 0.556. The Morgan fingerprint density at radius 1 is 1.50 bits per heavy atom. The number of β-lactam (4-membered cyclic amide) rings is 1. The maximum absolute atomic E-state index is 12.3. The van der Waals surface area contributed by atoms with Crippen molar-refractivity contribution < 1.29 is 19.8 Å². The summed E-state index contributed by atoms with van der Waals surface area (Å²) in [5, 5.41) is 23.7. The van der Waals surface area contributed by atoms with Gasteiger partial charge in [-0.1, -0.05) is 11.8 Å². The van der Waals surface area contributed by atoms with Gasteiger partial charge in [-0.3, -0.25) is 9.79 Å². The monoisotopic (exact) mass is 405 g/mol. The van der Waals surface area contributed by atoms with Gasteiger partial charge in [-0.05, 0) is 25.3 Å². The first kappa shape index (κ1) is 19.0. The smallest absolute Gasteiger partial charge is 0.352 e. The quantitative estimate of drug-likeness (QED) is 0.438. The molecule has 10 heteroatoms. The van der Waals surface area contributed by atoms with E-state index in [0.717, 1.165) is 16.6 Å². The van der Waals surface area contributed by atoms with Crippen LogP contribution >= 0.6 is 11.8 Å². The van der Waals surface area contributed by atoms with E-state index in [4.69, 9.17) is 0 Å². The standard InChI is InChI=1S/C18H23N5O4S/c1-9(24)14-12-6-10(15(17(26)27)23(12)16(14)25)5-11-7-20-13(21-11)8-28-18-19-3-4-22(18)2/h3-4,9,11-12,14,24H,5-8H2,1-2H3,(H,20,21)(H,26,27)/t9-,11-,12-,14-/m1/s1. The number of carbonyl (C=O) groups excluding carboxylic acids is 1. The van der Waals surface area contributed by atoms with Gasteiger partial charge in [-0.2, -0.15) is 0 Å². The highest BCUT2D eigenvalue weighted by atomic mass is 32.2. The van der Waals surface area contributed by atoms with E-state index in [1.807, 2.05) is 17.8 Å². The lowest BCUT2D eigenvalue weighted by molar-refractivity contribution is -0.161. The summed E-state index contributed by atoms with van der Waals surface area (Å²) in [4.78, 5) is 34.2. The maximum atomic E-state index is 12.3. The van der Waals surface area contributed by atoms with Crippen molar-refractivity contribution in [1.82, 2.24) is 19.8 Å². The number of aryl methyl sites for hydroxylation is 1. The number of aliphatic carboxylic acids is 1. The third-order valence-electron chi connectivity index (χ3n) is 5.50. The van der Waals surface area contributed by atoms with Gasteiger partial charge in [-0.25, -0.2) is 9.78 Å². The van der Waals surface area contributed by atoms with Crippen molar-refractivity contribution in [3.8, 4) is 0 Å². The molecule has 4 atom stereocenters. The normalized spacial score (nSPS) is 27.4. The lowest BCUT2D eigenvalue weighted by Crippen LogP contribution is -2.61. The molecule has 4 heterocycles. The molecule has 1 aromatic rings. The molecule has 1 amide bonds. The first-order chi connectivity index (χ1) is 13.4. The van der Waals surface area contributed by atoms with Gasteiger partial charge in [0, 0.05) is 19.4 Å². The van der Waals surface area contributed by atoms with Gasteiger partial charge in [0.2, 0.25) is 5.91 Å². The van der Waals surface area contributed by atoms with E-state index in [1.165, 1.54) is 4.90 Å². The van der Waals surface area contributed by atoms with Crippen LogP contribution in [0.5, 0.6) is 0 Å². The first-order valence-electron chi connectivity index (χ1n) is 9.23. The molecule has 0 aliphatic carbocycles. The molecular weight excluding hydrogens is 382 g/mol. The third kappa shape index (κ3) is 3.20. The number of carbonyl (C=O) groups is 2. The van der Waals surface area contributed by atoms with Crippen molar-refractivity contribution >= 4 is 29.5 Å². The van der Waals surface area contributed by atoms with Crippen LogP contribution in [0.25, 0.3) is 0 Å². The number of hydrogen-bond donors (Lipinski definition) is 3. The number of amides is 1. The summed E-state index contributed by atoms with van der Waals surface area (Å²) in [5.74, 6) is -0.350. The molecule has 4 rings (SSSR count). The van der Waals surface area contributed by atoms with Crippen molar-refractivity contribution in [2.75, 3.05) is 12.3 Å². The number of aliphatic imine (C=N–C) groups is 1. The molecule has 1 fully saturated rings. The van der Waals surface area contributed by atoms with Gasteiger partial charge in [0.1, 0.15) is 11.5 Å². The Bertz CT molecular complexity index is 877. The third-order valence-corrected chi connectivity index (χ3v) is 6.57. The molecule has 0 saturated carbocycles. The number of hydrogen-bond acceptors (Lipinski definition) is 7. The number of nitrogens with zero attached hydrogens (tertiary/aromatic N) is 4. The largest absolute Gasteiger partial charge is 0.477 e. The Morgan fingerprint density at radius 3 is 2.93 bits per heavy atom. The maximum Gasteiger partial charge on any atom is 0.352 e. The summed E-state index contributed by atoms with van der Waals surface area (Å²) in [6.45, 7) is 2.15. The molecule has 0 aromatic carbocycles. The van der Waals surface area contributed by atoms with Crippen molar-refractivity contribution in [3.63, 3.8) is 0 Å². The minimum atomic E-state index is -1.08. The van der Waals surface area contributed by atoms with E-state index < -0.39 is 18.0 Å². The van der Waals surface area contributed by atoms with E-state index in [1.54, 1.807) is 24.9 Å². The van der Waals surface area contributed by atoms with Crippen LogP contribution in [0.4, 0.5) is 0 Å². The second-order valence-electron chi connectivity index (χ2n) is 7.45. The molecule has 28 heavy (non-hydrogen) atoms. The molecule has 0 spiro atoms. The number of rotatable bonds is 7. The summed E-state index contributed by atoms with van der Waals surface area (Å²) in [7, 11) is 1.94. The van der Waals surface area contributed by atoms with E-state index in [-0.39, 0.29) is 23.7 Å². The number of thioether (sulfide) groups is 1. The van der Waals surface area contributed by atoms with Gasteiger partial charge in [0.25, 0.3) is 0 Å². The van der Waals surface area contributed by atoms with Crippen LogP contribution in [0.3, 0.4) is 0 Å². The molecule has 0 unspecified atom stereocenters. The van der Waals surface area contributed by atoms with Crippen molar-refractivity contribution in [2.45, 2.75) is 43.1 Å². The van der Waals surface area contributed by atoms with Crippen molar-refractivity contribution in [2.24, 2.45) is 18.0 Å². The fourth-order valence-electron chi connectivity index (χ4n) is 4.21. The van der Waals surface area contributed by atoms with Crippen molar-refractivity contribution in [1.29, 1.82) is 0 Å². The van der Waals surface area contributed by atoms with E-state index in [0.29, 0.717) is 25.1 Å². The predicted octanol–water partition coefficient (Wildman–Crippen LogP) is 0.223. The number of nitrogens with one attached hydrogen (secondary N) is 1. The van der Waals surface area contributed by atoms with Crippen LogP contribution in [0.2, 0.25) is 0 Å². The van der Waals surface area contributed by atoms with E-state index in [2.05, 4.69) is 15.3 Å². The number of carboxylic acid groups (broad SMARTS) is 1. The predicted molar refractivity (Wildman–Crippen MR) is 103 cm³/mol. The Labute approximate surface area is 166 Å². The molecule has 150 valence electrons. The number of carboxylic acids is 1. The molecule has 3 aliphatic rings. The van der Waals surface area contributed by atoms with Gasteiger partial charge in [0.15, 0.2) is 5.16 Å². The number of aliphatic hydroxyl groups is 1. The van der Waals surface area contributed by atoms with Crippen LogP contribution < -0.4 is 5.32 Å². The first-order valence-corrected chi connectivity index (χ1v) is 10.2. The number of amidine groups is 1. The van der Waals surface area contributed by atoms with Crippen LogP contribution in [-0.4, -0.2) is 72.9 Å². The SMILES string of the molecule is C[C@@H](O)[C@H]1C(=O)N2C(C(=O)O)=C(C[C@@H]3CN=C(CSc4nccn4C)N3)C[C@H]12. The molecule has 9 nitrogen and oxygen atoms in total. The van der Waals surface area contributed by atoms with Gasteiger partial charge in [-0.15, -0.1) is 0 Å². The molecule has 1 saturated heterocycles. The molecule has 0 radical (unpaired) electrons. The van der Waals surface area contributed by atoms with Crippen molar-refractivity contribution in [3.05, 3.63) is 23.7 Å². The van der Waals surface area contributed by atoms with Crippen LogP contribution in [0, 0.1) is 5.92 Å². The summed E-state index contributed by atoms with van der Waals surface area (Å²) in [6, 6.07) is -0.227. The number of aromatic nitrogens is 2. The van der Waals surface area contributed by atoms with Crippen LogP contribution in [-0.2, 0) is 16.6 Å². The molecule has 1 aromatic heterocycles. The topological polar surface area (TPSA) is 120 Å². The van der Waals surface area contributed by atoms with Gasteiger partial charge >= 0.3 is 5.97 Å². The Hall–Kier alpha value is -2.33. The highest BCUT2D eigenvalue weighted by Crippen LogP contribution is 2.44. The highest BCUT2D eigenvalue weighted by Gasteiger charge is 2.56. The Balaban J connectivity index is 1.38. The molecular formula is C18H23N5O4S. The van der Waals surface area contributed by atoms with Gasteiger partial charge < -0.3 is 25.0 Å². The second-order valence-corrected chi connectivity index (χ2v) is 8.39.